The van der Waals surface area contributed by atoms with Crippen molar-refractivity contribution in [1.29, 1.82) is 5.26 Å². The van der Waals surface area contributed by atoms with Crippen LogP contribution in [-0.4, -0.2) is 35.0 Å². The van der Waals surface area contributed by atoms with Crippen molar-refractivity contribution < 1.29 is 14.3 Å². The van der Waals surface area contributed by atoms with Crippen molar-refractivity contribution >= 4 is 11.9 Å². The maximum atomic E-state index is 11.8. The van der Waals surface area contributed by atoms with Crippen molar-refractivity contribution in [3.63, 3.8) is 0 Å². The number of ketones is 1. The number of nitrogens with zero attached hydrogens (tertiary/aromatic N) is 2. The standard InChI is InChI=1S/C12H18N2O3/c1-12(2,3)17-11(16)14-8-4-5-9(14)10(15)6-7-13/h9H,4-6,8H2,1-3H3. The zero-order chi connectivity index (χ0) is 13.1. The molecule has 1 aliphatic rings. The maximum absolute atomic E-state index is 11.8. The van der Waals surface area contributed by atoms with Crippen molar-refractivity contribution in [1.82, 2.24) is 4.90 Å². The molecule has 0 aromatic carbocycles. The Balaban J connectivity index is 2.67. The molecule has 5 heteroatoms. The molecule has 0 bridgehead atoms. The van der Waals surface area contributed by atoms with Crippen LogP contribution in [0.25, 0.3) is 0 Å². The molecule has 1 unspecified atom stereocenters. The van der Waals surface area contributed by atoms with Crippen LogP contribution in [0.4, 0.5) is 4.79 Å². The summed E-state index contributed by atoms with van der Waals surface area (Å²) >= 11 is 0. The van der Waals surface area contributed by atoms with Gasteiger partial charge in [0.05, 0.1) is 18.5 Å². The van der Waals surface area contributed by atoms with E-state index in [1.54, 1.807) is 20.8 Å². The van der Waals surface area contributed by atoms with Crippen LogP contribution in [0.5, 0.6) is 0 Å². The van der Waals surface area contributed by atoms with Gasteiger partial charge in [-0.2, -0.15) is 5.26 Å². The molecule has 0 aromatic rings. The number of hydrogen-bond donors (Lipinski definition) is 0. The lowest BCUT2D eigenvalue weighted by Crippen LogP contribution is -2.43. The fraction of sp³-hybridized carbons (Fsp3) is 0.750. The zero-order valence-corrected chi connectivity index (χ0v) is 10.5. The predicted octanol–water partition coefficient (Wildman–Crippen LogP) is 1.87. The number of Topliss-reactive ketones (excluding diaryl/α,β-unsaturated/α-hetero) is 1. The minimum absolute atomic E-state index is 0.149. The average Bonchev–Trinajstić information content (AvgIpc) is 2.63. The van der Waals surface area contributed by atoms with Gasteiger partial charge >= 0.3 is 6.09 Å². The highest BCUT2D eigenvalue weighted by Crippen LogP contribution is 2.22. The number of carbonyl (C=O) groups excluding carboxylic acids is 2. The fourth-order valence-corrected chi connectivity index (χ4v) is 1.84. The van der Waals surface area contributed by atoms with Gasteiger partial charge in [0.25, 0.3) is 0 Å². The van der Waals surface area contributed by atoms with Crippen molar-refractivity contribution in [3.05, 3.63) is 0 Å². The van der Waals surface area contributed by atoms with E-state index in [1.165, 1.54) is 4.90 Å². The van der Waals surface area contributed by atoms with Crippen molar-refractivity contribution in [2.75, 3.05) is 6.54 Å². The van der Waals surface area contributed by atoms with Gasteiger partial charge in [0.2, 0.25) is 0 Å². The third kappa shape index (κ3) is 3.74. The van der Waals surface area contributed by atoms with Crippen LogP contribution < -0.4 is 0 Å². The fourth-order valence-electron chi connectivity index (χ4n) is 1.84. The first kappa shape index (κ1) is 13.5. The number of rotatable bonds is 2. The van der Waals surface area contributed by atoms with Crippen LogP contribution in [0.1, 0.15) is 40.0 Å². The smallest absolute Gasteiger partial charge is 0.410 e. The minimum Gasteiger partial charge on any atom is -0.444 e. The Morgan fingerprint density at radius 3 is 2.65 bits per heavy atom. The highest BCUT2D eigenvalue weighted by atomic mass is 16.6. The van der Waals surface area contributed by atoms with Gasteiger partial charge in [-0.15, -0.1) is 0 Å². The molecule has 1 aliphatic heterocycles. The Labute approximate surface area is 101 Å². The van der Waals surface area contributed by atoms with E-state index in [-0.39, 0.29) is 12.2 Å². The summed E-state index contributed by atoms with van der Waals surface area (Å²) in [7, 11) is 0. The number of hydrogen-bond acceptors (Lipinski definition) is 4. The molecule has 0 N–H and O–H groups in total. The highest BCUT2D eigenvalue weighted by molar-refractivity contribution is 5.89. The maximum Gasteiger partial charge on any atom is 0.410 e. The zero-order valence-electron chi connectivity index (χ0n) is 10.5. The molecule has 0 aromatic heterocycles. The van der Waals surface area contributed by atoms with E-state index in [9.17, 15) is 9.59 Å². The van der Waals surface area contributed by atoms with E-state index in [0.717, 1.165) is 6.42 Å². The van der Waals surface area contributed by atoms with Gasteiger partial charge in [0, 0.05) is 6.54 Å². The lowest BCUT2D eigenvalue weighted by atomic mass is 10.1. The third-order valence-corrected chi connectivity index (χ3v) is 2.51. The van der Waals surface area contributed by atoms with Gasteiger partial charge < -0.3 is 4.74 Å². The second-order valence-electron chi connectivity index (χ2n) is 5.13. The van der Waals surface area contributed by atoms with Crippen LogP contribution in [0.2, 0.25) is 0 Å². The average molecular weight is 238 g/mol. The third-order valence-electron chi connectivity index (χ3n) is 2.51. The van der Waals surface area contributed by atoms with Crippen LogP contribution in [0.3, 0.4) is 0 Å². The summed E-state index contributed by atoms with van der Waals surface area (Å²) in [5.41, 5.74) is -0.567. The molecule has 1 rings (SSSR count). The Kier molecular flexibility index (Phi) is 4.11. The lowest BCUT2D eigenvalue weighted by molar-refractivity contribution is -0.122. The molecule has 0 aliphatic carbocycles. The number of carbonyl (C=O) groups is 2. The normalized spacial score (nSPS) is 19.9. The molecule has 1 atom stereocenters. The molecule has 1 amide bonds. The Morgan fingerprint density at radius 1 is 1.47 bits per heavy atom. The van der Waals surface area contributed by atoms with Crippen LogP contribution in [0, 0.1) is 11.3 Å². The van der Waals surface area contributed by atoms with E-state index in [1.807, 2.05) is 6.07 Å². The van der Waals surface area contributed by atoms with E-state index < -0.39 is 17.7 Å². The predicted molar refractivity (Wildman–Crippen MR) is 61.2 cm³/mol. The Morgan fingerprint density at radius 2 is 2.12 bits per heavy atom. The Hall–Kier alpha value is -1.57. The molecular weight excluding hydrogens is 220 g/mol. The van der Waals surface area contributed by atoms with Gasteiger partial charge in [-0.3, -0.25) is 9.69 Å². The molecule has 1 heterocycles. The van der Waals surface area contributed by atoms with Crippen molar-refractivity contribution in [3.8, 4) is 6.07 Å². The molecule has 1 saturated heterocycles. The molecule has 94 valence electrons. The van der Waals surface area contributed by atoms with E-state index in [4.69, 9.17) is 10.00 Å². The van der Waals surface area contributed by atoms with Crippen LogP contribution in [0.15, 0.2) is 0 Å². The van der Waals surface area contributed by atoms with Gasteiger partial charge in [-0.1, -0.05) is 0 Å². The summed E-state index contributed by atoms with van der Waals surface area (Å²) in [6.45, 7) is 5.88. The second-order valence-corrected chi connectivity index (χ2v) is 5.13. The van der Waals surface area contributed by atoms with Crippen molar-refractivity contribution in [2.24, 2.45) is 0 Å². The molecule has 0 saturated carbocycles. The van der Waals surface area contributed by atoms with E-state index in [2.05, 4.69) is 0 Å². The number of ether oxygens (including phenoxy) is 1. The summed E-state index contributed by atoms with van der Waals surface area (Å²) in [4.78, 5) is 24.9. The van der Waals surface area contributed by atoms with Gasteiger partial charge in [-0.25, -0.2) is 4.79 Å². The van der Waals surface area contributed by atoms with Gasteiger partial charge in [0.15, 0.2) is 5.78 Å². The first-order valence-corrected chi connectivity index (χ1v) is 5.74. The first-order valence-electron chi connectivity index (χ1n) is 5.74. The molecule has 17 heavy (non-hydrogen) atoms. The summed E-state index contributed by atoms with van der Waals surface area (Å²) in [6, 6.07) is 1.34. The van der Waals surface area contributed by atoms with Gasteiger partial charge in [-0.05, 0) is 33.6 Å². The topological polar surface area (TPSA) is 70.4 Å². The molecule has 5 nitrogen and oxygen atoms in total. The second kappa shape index (κ2) is 5.17. The van der Waals surface area contributed by atoms with Crippen LogP contribution in [-0.2, 0) is 9.53 Å². The Bertz CT molecular complexity index is 352. The quantitative estimate of drug-likeness (QED) is 0.736. The van der Waals surface area contributed by atoms with Gasteiger partial charge in [0.1, 0.15) is 5.60 Å². The van der Waals surface area contributed by atoms with E-state index in [0.29, 0.717) is 13.0 Å². The summed E-state index contributed by atoms with van der Waals surface area (Å²) in [5.74, 6) is -0.198. The van der Waals surface area contributed by atoms with Crippen LogP contribution >= 0.6 is 0 Å². The summed E-state index contributed by atoms with van der Waals surface area (Å²) < 4.78 is 5.23. The number of nitriles is 1. The number of likely N-dealkylation sites (tertiary alicyclic amines) is 1. The SMILES string of the molecule is CC(C)(C)OC(=O)N1CCCC1C(=O)CC#N. The molecule has 0 spiro atoms. The number of amides is 1. The molecular formula is C12H18N2O3. The molecule has 1 fully saturated rings. The highest BCUT2D eigenvalue weighted by Gasteiger charge is 2.35. The largest absolute Gasteiger partial charge is 0.444 e. The monoisotopic (exact) mass is 238 g/mol. The lowest BCUT2D eigenvalue weighted by Gasteiger charge is -2.27. The van der Waals surface area contributed by atoms with Crippen molar-refractivity contribution in [2.45, 2.75) is 51.7 Å². The summed E-state index contributed by atoms with van der Waals surface area (Å²) in [5, 5.41) is 8.50. The molecule has 0 radical (unpaired) electrons. The van der Waals surface area contributed by atoms with E-state index >= 15 is 0 Å². The first-order chi connectivity index (χ1) is 7.85. The minimum atomic E-state index is -0.567. The summed E-state index contributed by atoms with van der Waals surface area (Å²) in [6.07, 6.45) is 0.788.